The van der Waals surface area contributed by atoms with Crippen LogP contribution in [0.2, 0.25) is 0 Å². The van der Waals surface area contributed by atoms with E-state index in [9.17, 15) is 23.1 Å². The number of carbonyl (C=O) groups is 2. The molecule has 1 fully saturated rings. The van der Waals surface area contributed by atoms with Crippen molar-refractivity contribution in [3.05, 3.63) is 59.7 Å². The molecular formula is C19H19N2O6S-. The number of carboxylic acid groups (broad SMARTS) is 1. The van der Waals surface area contributed by atoms with Crippen molar-refractivity contribution in [1.82, 2.24) is 5.32 Å². The fourth-order valence-electron chi connectivity index (χ4n) is 2.87. The van der Waals surface area contributed by atoms with Crippen LogP contribution in [0.4, 0.5) is 5.69 Å². The number of sulfonamides is 1. The molecule has 1 heterocycles. The molecule has 0 aliphatic carbocycles. The van der Waals surface area contributed by atoms with Crippen molar-refractivity contribution in [3.8, 4) is 0 Å². The molecular weight excluding hydrogens is 384 g/mol. The summed E-state index contributed by atoms with van der Waals surface area (Å²) in [4.78, 5) is 23.2. The van der Waals surface area contributed by atoms with E-state index in [0.29, 0.717) is 13.2 Å². The van der Waals surface area contributed by atoms with E-state index in [-0.39, 0.29) is 27.8 Å². The predicted molar refractivity (Wildman–Crippen MR) is 99.3 cm³/mol. The molecule has 0 bridgehead atoms. The number of aromatic carboxylic acids is 1. The zero-order valence-corrected chi connectivity index (χ0v) is 15.7. The number of benzene rings is 2. The van der Waals surface area contributed by atoms with Gasteiger partial charge in [-0.1, -0.05) is 24.3 Å². The first-order valence-electron chi connectivity index (χ1n) is 8.70. The molecule has 28 heavy (non-hydrogen) atoms. The van der Waals surface area contributed by atoms with Gasteiger partial charge in [-0.05, 0) is 42.7 Å². The van der Waals surface area contributed by atoms with Crippen LogP contribution < -0.4 is 15.1 Å². The molecule has 2 N–H and O–H groups in total. The SMILES string of the molecule is O=C([O-])c1cccc(S(=O)(=O)Nc2ccccc2C(=O)NC[C@@H]2CCCO2)c1. The second-order valence-corrected chi connectivity index (χ2v) is 7.99. The lowest BCUT2D eigenvalue weighted by molar-refractivity contribution is -0.255. The molecule has 8 nitrogen and oxygen atoms in total. The summed E-state index contributed by atoms with van der Waals surface area (Å²) in [6, 6.07) is 11.0. The Morgan fingerprint density at radius 3 is 2.64 bits per heavy atom. The Kier molecular flexibility index (Phi) is 5.96. The molecule has 1 amide bonds. The van der Waals surface area contributed by atoms with Crippen molar-refractivity contribution in [2.45, 2.75) is 23.8 Å². The molecule has 9 heteroatoms. The summed E-state index contributed by atoms with van der Waals surface area (Å²) >= 11 is 0. The molecule has 1 atom stereocenters. The highest BCUT2D eigenvalue weighted by Gasteiger charge is 2.21. The molecule has 1 aliphatic rings. The van der Waals surface area contributed by atoms with Crippen molar-refractivity contribution < 1.29 is 27.9 Å². The second-order valence-electron chi connectivity index (χ2n) is 6.31. The van der Waals surface area contributed by atoms with E-state index in [0.717, 1.165) is 18.9 Å². The smallest absolute Gasteiger partial charge is 0.261 e. The lowest BCUT2D eigenvalue weighted by Crippen LogP contribution is -2.32. The van der Waals surface area contributed by atoms with Gasteiger partial charge >= 0.3 is 0 Å². The van der Waals surface area contributed by atoms with Gasteiger partial charge in [0.25, 0.3) is 15.9 Å². The molecule has 1 saturated heterocycles. The Labute approximate surface area is 162 Å². The van der Waals surface area contributed by atoms with Crippen LogP contribution in [0.15, 0.2) is 53.4 Å². The van der Waals surface area contributed by atoms with E-state index < -0.39 is 21.9 Å². The topological polar surface area (TPSA) is 125 Å². The first kappa shape index (κ1) is 19.8. The first-order chi connectivity index (χ1) is 13.4. The maximum absolute atomic E-state index is 12.6. The summed E-state index contributed by atoms with van der Waals surface area (Å²) in [6.07, 6.45) is 1.77. The van der Waals surface area contributed by atoms with Gasteiger partial charge in [0.1, 0.15) is 0 Å². The minimum absolute atomic E-state index is 0.0415. The third-order valence-corrected chi connectivity index (χ3v) is 5.67. The molecule has 3 rings (SSSR count). The molecule has 0 spiro atoms. The second kappa shape index (κ2) is 8.41. The van der Waals surface area contributed by atoms with E-state index in [2.05, 4.69) is 10.0 Å². The maximum atomic E-state index is 12.6. The van der Waals surface area contributed by atoms with Crippen molar-refractivity contribution in [2.24, 2.45) is 0 Å². The first-order valence-corrected chi connectivity index (χ1v) is 10.2. The quantitative estimate of drug-likeness (QED) is 0.703. The number of carboxylic acids is 1. The third-order valence-electron chi connectivity index (χ3n) is 4.31. The molecule has 2 aromatic rings. The maximum Gasteiger partial charge on any atom is 0.261 e. The Morgan fingerprint density at radius 2 is 1.93 bits per heavy atom. The normalized spacial score (nSPS) is 16.5. The average molecular weight is 403 g/mol. The molecule has 0 unspecified atom stereocenters. The lowest BCUT2D eigenvalue weighted by atomic mass is 10.1. The van der Waals surface area contributed by atoms with Gasteiger partial charge in [-0.15, -0.1) is 0 Å². The highest BCUT2D eigenvalue weighted by atomic mass is 32.2. The Bertz CT molecular complexity index is 983. The van der Waals surface area contributed by atoms with Crippen LogP contribution in [0.1, 0.15) is 33.6 Å². The van der Waals surface area contributed by atoms with Crippen LogP contribution in [0, 0.1) is 0 Å². The molecule has 0 radical (unpaired) electrons. The standard InChI is InChI=1S/C19H20N2O6S/c22-18(20-12-14-6-4-10-27-14)16-8-1-2-9-17(16)21-28(25,26)15-7-3-5-13(11-15)19(23)24/h1-3,5,7-9,11,14,21H,4,6,10,12H2,(H,20,22)(H,23,24)/p-1/t14-/m0/s1. The molecule has 2 aromatic carbocycles. The Morgan fingerprint density at radius 1 is 1.14 bits per heavy atom. The monoisotopic (exact) mass is 403 g/mol. The van der Waals surface area contributed by atoms with Crippen molar-refractivity contribution in [2.75, 3.05) is 17.9 Å². The van der Waals surface area contributed by atoms with E-state index in [1.165, 1.54) is 30.3 Å². The largest absolute Gasteiger partial charge is 0.545 e. The number of nitrogens with one attached hydrogen (secondary N) is 2. The Balaban J connectivity index is 1.79. The average Bonchev–Trinajstić information content (AvgIpc) is 3.20. The number of para-hydroxylation sites is 1. The van der Waals surface area contributed by atoms with E-state index in [1.54, 1.807) is 12.1 Å². The summed E-state index contributed by atoms with van der Waals surface area (Å²) < 4.78 is 33.1. The van der Waals surface area contributed by atoms with Crippen LogP contribution in [0.3, 0.4) is 0 Å². The summed E-state index contributed by atoms with van der Waals surface area (Å²) in [5, 5.41) is 13.7. The summed E-state index contributed by atoms with van der Waals surface area (Å²) in [5.41, 5.74) is -0.0169. The van der Waals surface area contributed by atoms with E-state index in [4.69, 9.17) is 4.74 Å². The van der Waals surface area contributed by atoms with Crippen molar-refractivity contribution >= 4 is 27.6 Å². The van der Waals surface area contributed by atoms with Gasteiger partial charge in [-0.2, -0.15) is 0 Å². The minimum Gasteiger partial charge on any atom is -0.545 e. The minimum atomic E-state index is -4.10. The van der Waals surface area contributed by atoms with Crippen LogP contribution >= 0.6 is 0 Å². The summed E-state index contributed by atoms with van der Waals surface area (Å²) in [5.74, 6) is -1.91. The lowest BCUT2D eigenvalue weighted by Gasteiger charge is -2.15. The van der Waals surface area contributed by atoms with Crippen LogP contribution in [0.25, 0.3) is 0 Å². The van der Waals surface area contributed by atoms with Gasteiger partial charge in [0.2, 0.25) is 0 Å². The number of ether oxygens (including phenoxy) is 1. The van der Waals surface area contributed by atoms with Gasteiger partial charge in [0.15, 0.2) is 0 Å². The van der Waals surface area contributed by atoms with Crippen molar-refractivity contribution in [3.63, 3.8) is 0 Å². The zero-order chi connectivity index (χ0) is 20.1. The highest BCUT2D eigenvalue weighted by Crippen LogP contribution is 2.21. The molecule has 1 aliphatic heterocycles. The van der Waals surface area contributed by atoms with Crippen LogP contribution in [-0.4, -0.2) is 39.5 Å². The van der Waals surface area contributed by atoms with E-state index in [1.807, 2.05) is 0 Å². The zero-order valence-electron chi connectivity index (χ0n) is 14.9. The van der Waals surface area contributed by atoms with Crippen LogP contribution in [-0.2, 0) is 14.8 Å². The number of hydrogen-bond acceptors (Lipinski definition) is 6. The van der Waals surface area contributed by atoms with Gasteiger partial charge in [-0.25, -0.2) is 8.42 Å². The molecule has 0 aromatic heterocycles. The number of carbonyl (C=O) groups excluding carboxylic acids is 2. The van der Waals surface area contributed by atoms with Gasteiger partial charge in [0.05, 0.1) is 28.2 Å². The summed E-state index contributed by atoms with van der Waals surface area (Å²) in [7, 11) is -4.10. The number of rotatable bonds is 7. The van der Waals surface area contributed by atoms with Gasteiger partial charge in [0, 0.05) is 13.2 Å². The number of hydrogen-bond donors (Lipinski definition) is 2. The van der Waals surface area contributed by atoms with Gasteiger partial charge in [-0.3, -0.25) is 9.52 Å². The molecule has 148 valence electrons. The molecule has 0 saturated carbocycles. The number of anilines is 1. The van der Waals surface area contributed by atoms with Crippen molar-refractivity contribution in [1.29, 1.82) is 0 Å². The number of amides is 1. The predicted octanol–water partition coefficient (Wildman–Crippen LogP) is 0.760. The fourth-order valence-corrected chi connectivity index (χ4v) is 4.00. The highest BCUT2D eigenvalue weighted by molar-refractivity contribution is 7.92. The van der Waals surface area contributed by atoms with E-state index >= 15 is 0 Å². The van der Waals surface area contributed by atoms with Crippen LogP contribution in [0.5, 0.6) is 0 Å². The summed E-state index contributed by atoms with van der Waals surface area (Å²) in [6.45, 7) is 1.01. The third kappa shape index (κ3) is 4.68. The fraction of sp³-hybridized carbons (Fsp3) is 0.263. The van der Waals surface area contributed by atoms with Gasteiger partial charge < -0.3 is 20.0 Å². The Hall–Kier alpha value is -2.91.